The van der Waals surface area contributed by atoms with E-state index in [4.69, 9.17) is 4.74 Å². The first-order valence-corrected chi connectivity index (χ1v) is 8.50. The molecule has 1 aliphatic heterocycles. The summed E-state index contributed by atoms with van der Waals surface area (Å²) in [5.74, 6) is -0.657. The Balaban J connectivity index is 1.77. The van der Waals surface area contributed by atoms with Gasteiger partial charge in [-0.1, -0.05) is 0 Å². The number of methoxy groups -OCH3 is 1. The van der Waals surface area contributed by atoms with Crippen molar-refractivity contribution in [3.8, 4) is 5.75 Å². The molecule has 2 rings (SSSR count). The van der Waals surface area contributed by atoms with Gasteiger partial charge >= 0.3 is 5.97 Å². The van der Waals surface area contributed by atoms with Crippen LogP contribution in [-0.2, 0) is 19.1 Å². The molecule has 1 aliphatic rings. The first kappa shape index (κ1) is 19.7. The van der Waals surface area contributed by atoms with Crippen molar-refractivity contribution in [3.05, 3.63) is 30.1 Å². The van der Waals surface area contributed by atoms with Crippen molar-refractivity contribution in [3.63, 3.8) is 0 Å². The molecule has 0 aliphatic carbocycles. The fourth-order valence-electron chi connectivity index (χ4n) is 2.65. The van der Waals surface area contributed by atoms with E-state index in [2.05, 4.69) is 4.74 Å². The standard InChI is InChI=1S/C18H23FN2O5/c1-25-18(24)8-7-16(22)20-9-2-10-21(12-11-20)17(23)13-26-15-5-3-14(19)4-6-15/h3-6H,2,7-13H2,1H3. The fraction of sp³-hybridized carbons (Fsp3) is 0.500. The minimum atomic E-state index is -0.414. The van der Waals surface area contributed by atoms with Crippen molar-refractivity contribution in [2.24, 2.45) is 0 Å². The minimum Gasteiger partial charge on any atom is -0.484 e. The second-order valence-corrected chi connectivity index (χ2v) is 5.93. The van der Waals surface area contributed by atoms with E-state index in [1.807, 2.05) is 0 Å². The summed E-state index contributed by atoms with van der Waals surface area (Å²) in [4.78, 5) is 38.9. The Labute approximate surface area is 151 Å². The van der Waals surface area contributed by atoms with Gasteiger partial charge in [0.25, 0.3) is 5.91 Å². The number of halogens is 1. The minimum absolute atomic E-state index is 0.0555. The summed E-state index contributed by atoms with van der Waals surface area (Å²) >= 11 is 0. The Morgan fingerprint density at radius 1 is 0.962 bits per heavy atom. The molecule has 2 amide bonds. The van der Waals surface area contributed by atoms with Crippen LogP contribution in [0.3, 0.4) is 0 Å². The largest absolute Gasteiger partial charge is 0.484 e. The molecule has 0 atom stereocenters. The molecule has 1 aromatic rings. The quantitative estimate of drug-likeness (QED) is 0.708. The number of esters is 1. The monoisotopic (exact) mass is 366 g/mol. The number of hydrogen-bond donors (Lipinski definition) is 0. The SMILES string of the molecule is COC(=O)CCC(=O)N1CCCN(C(=O)COc2ccc(F)cc2)CC1. The lowest BCUT2D eigenvalue weighted by Crippen LogP contribution is -2.39. The van der Waals surface area contributed by atoms with E-state index in [0.29, 0.717) is 38.3 Å². The zero-order valence-electron chi connectivity index (χ0n) is 14.8. The van der Waals surface area contributed by atoms with Crippen molar-refractivity contribution < 1.29 is 28.2 Å². The smallest absolute Gasteiger partial charge is 0.306 e. The molecule has 0 saturated carbocycles. The second-order valence-electron chi connectivity index (χ2n) is 5.93. The molecular weight excluding hydrogens is 343 g/mol. The van der Waals surface area contributed by atoms with Gasteiger partial charge in [0.1, 0.15) is 11.6 Å². The molecule has 7 nitrogen and oxygen atoms in total. The van der Waals surface area contributed by atoms with Gasteiger partial charge in [-0.05, 0) is 30.7 Å². The Kier molecular flexibility index (Phi) is 7.37. The number of ether oxygens (including phenoxy) is 2. The predicted molar refractivity (Wildman–Crippen MR) is 90.9 cm³/mol. The molecule has 8 heteroatoms. The fourth-order valence-corrected chi connectivity index (χ4v) is 2.65. The topological polar surface area (TPSA) is 76.2 Å². The number of carbonyl (C=O) groups is 3. The maximum Gasteiger partial charge on any atom is 0.306 e. The highest BCUT2D eigenvalue weighted by Gasteiger charge is 2.22. The second kappa shape index (κ2) is 9.74. The molecule has 0 bridgehead atoms. The van der Waals surface area contributed by atoms with Gasteiger partial charge in [-0.2, -0.15) is 0 Å². The van der Waals surface area contributed by atoms with E-state index in [0.717, 1.165) is 0 Å². The number of carbonyl (C=O) groups excluding carboxylic acids is 3. The van der Waals surface area contributed by atoms with Gasteiger partial charge in [-0.25, -0.2) is 4.39 Å². The van der Waals surface area contributed by atoms with Crippen molar-refractivity contribution in [2.45, 2.75) is 19.3 Å². The highest BCUT2D eigenvalue weighted by atomic mass is 19.1. The van der Waals surface area contributed by atoms with Crippen LogP contribution in [0, 0.1) is 5.82 Å². The zero-order valence-corrected chi connectivity index (χ0v) is 14.8. The molecule has 0 radical (unpaired) electrons. The molecule has 0 unspecified atom stereocenters. The molecule has 0 spiro atoms. The van der Waals surface area contributed by atoms with Gasteiger partial charge in [0.05, 0.1) is 13.5 Å². The van der Waals surface area contributed by atoms with E-state index in [1.165, 1.54) is 31.4 Å². The molecule has 1 aromatic carbocycles. The van der Waals surface area contributed by atoms with Crippen molar-refractivity contribution in [1.29, 1.82) is 0 Å². The summed E-state index contributed by atoms with van der Waals surface area (Å²) in [6, 6.07) is 5.46. The lowest BCUT2D eigenvalue weighted by molar-refractivity contribution is -0.143. The number of benzene rings is 1. The van der Waals surface area contributed by atoms with Crippen LogP contribution in [0.4, 0.5) is 4.39 Å². The third kappa shape index (κ3) is 6.02. The summed E-state index contributed by atoms with van der Waals surface area (Å²) < 4.78 is 22.8. The lowest BCUT2D eigenvalue weighted by atomic mass is 10.2. The van der Waals surface area contributed by atoms with E-state index in [-0.39, 0.29) is 37.1 Å². The van der Waals surface area contributed by atoms with Crippen LogP contribution in [0.1, 0.15) is 19.3 Å². The summed E-state index contributed by atoms with van der Waals surface area (Å²) in [7, 11) is 1.29. The predicted octanol–water partition coefficient (Wildman–Crippen LogP) is 1.22. The average Bonchev–Trinajstić information content (AvgIpc) is 2.91. The summed E-state index contributed by atoms with van der Waals surface area (Å²) in [6.07, 6.45) is 0.820. The van der Waals surface area contributed by atoms with Gasteiger partial charge in [-0.3, -0.25) is 14.4 Å². The molecular formula is C18H23FN2O5. The van der Waals surface area contributed by atoms with Gasteiger partial charge in [-0.15, -0.1) is 0 Å². The first-order chi connectivity index (χ1) is 12.5. The van der Waals surface area contributed by atoms with Crippen LogP contribution in [0.15, 0.2) is 24.3 Å². The van der Waals surface area contributed by atoms with E-state index < -0.39 is 5.97 Å². The molecule has 1 heterocycles. The molecule has 1 fully saturated rings. The maximum absolute atomic E-state index is 12.9. The highest BCUT2D eigenvalue weighted by molar-refractivity contribution is 5.81. The molecule has 142 valence electrons. The van der Waals surface area contributed by atoms with Crippen molar-refractivity contribution in [2.75, 3.05) is 39.9 Å². The molecule has 1 saturated heterocycles. The number of hydrogen-bond acceptors (Lipinski definition) is 5. The third-order valence-corrected chi connectivity index (χ3v) is 4.15. The van der Waals surface area contributed by atoms with Crippen LogP contribution >= 0.6 is 0 Å². The summed E-state index contributed by atoms with van der Waals surface area (Å²) in [5.41, 5.74) is 0. The van der Waals surface area contributed by atoms with E-state index >= 15 is 0 Å². The first-order valence-electron chi connectivity index (χ1n) is 8.50. The van der Waals surface area contributed by atoms with E-state index in [1.54, 1.807) is 9.80 Å². The van der Waals surface area contributed by atoms with Gasteiger partial charge in [0.2, 0.25) is 5.91 Å². The van der Waals surface area contributed by atoms with Gasteiger partial charge < -0.3 is 19.3 Å². The molecule has 26 heavy (non-hydrogen) atoms. The Bertz CT molecular complexity index is 635. The highest BCUT2D eigenvalue weighted by Crippen LogP contribution is 2.12. The van der Waals surface area contributed by atoms with Crippen LogP contribution in [0.25, 0.3) is 0 Å². The van der Waals surface area contributed by atoms with Crippen LogP contribution in [0.5, 0.6) is 5.75 Å². The number of nitrogens with zero attached hydrogens (tertiary/aromatic N) is 2. The zero-order chi connectivity index (χ0) is 18.9. The Hall–Kier alpha value is -2.64. The third-order valence-electron chi connectivity index (χ3n) is 4.15. The van der Waals surface area contributed by atoms with Crippen molar-refractivity contribution in [1.82, 2.24) is 9.80 Å². The van der Waals surface area contributed by atoms with Gasteiger partial charge in [0, 0.05) is 32.6 Å². The number of rotatable bonds is 6. The Morgan fingerprint density at radius 2 is 1.58 bits per heavy atom. The average molecular weight is 366 g/mol. The molecule has 0 N–H and O–H groups in total. The Morgan fingerprint density at radius 3 is 2.19 bits per heavy atom. The number of amides is 2. The van der Waals surface area contributed by atoms with Crippen molar-refractivity contribution >= 4 is 17.8 Å². The lowest BCUT2D eigenvalue weighted by Gasteiger charge is -2.22. The maximum atomic E-state index is 12.9. The normalized spacial score (nSPS) is 14.5. The summed E-state index contributed by atoms with van der Waals surface area (Å²) in [5, 5.41) is 0. The van der Waals surface area contributed by atoms with Crippen LogP contribution in [0.2, 0.25) is 0 Å². The summed E-state index contributed by atoms with van der Waals surface area (Å²) in [6.45, 7) is 1.77. The van der Waals surface area contributed by atoms with Gasteiger partial charge in [0.15, 0.2) is 6.61 Å². The van der Waals surface area contributed by atoms with E-state index in [9.17, 15) is 18.8 Å². The van der Waals surface area contributed by atoms with Crippen LogP contribution in [-0.4, -0.2) is 67.5 Å². The molecule has 0 aromatic heterocycles. The van der Waals surface area contributed by atoms with Crippen LogP contribution < -0.4 is 4.74 Å².